The molecule has 3 aromatic rings. The van der Waals surface area contributed by atoms with E-state index in [0.717, 1.165) is 16.7 Å². The Labute approximate surface area is 176 Å². The smallest absolute Gasteiger partial charge is 0.267 e. The maximum Gasteiger partial charge on any atom is 0.267 e. The van der Waals surface area contributed by atoms with Crippen LogP contribution in [0, 0.1) is 13.8 Å². The summed E-state index contributed by atoms with van der Waals surface area (Å²) in [6.07, 6.45) is 0.422. The van der Waals surface area contributed by atoms with E-state index in [0.29, 0.717) is 30.2 Å². The molecular weight excluding hydrogens is 378 g/mol. The zero-order chi connectivity index (χ0) is 21.7. The summed E-state index contributed by atoms with van der Waals surface area (Å²) in [5.41, 5.74) is 4.03. The fourth-order valence-electron chi connectivity index (χ4n) is 3.34. The van der Waals surface area contributed by atoms with E-state index in [4.69, 9.17) is 4.74 Å². The number of carbonyl (C=O) groups is 1. The van der Waals surface area contributed by atoms with E-state index in [2.05, 4.69) is 10.4 Å². The largest absolute Gasteiger partial charge is 0.492 e. The minimum Gasteiger partial charge on any atom is -0.492 e. The maximum atomic E-state index is 13.1. The predicted octanol–water partition coefficient (Wildman–Crippen LogP) is 4.52. The minimum absolute atomic E-state index is 0.308. The second-order valence-electron chi connectivity index (χ2n) is 7.16. The van der Waals surface area contributed by atoms with Crippen LogP contribution in [0.1, 0.15) is 37.4 Å². The number of nitrogens with zero attached hydrogens (tertiary/aromatic N) is 2. The molecule has 0 bridgehead atoms. The Balaban J connectivity index is 1.96. The van der Waals surface area contributed by atoms with Gasteiger partial charge in [0, 0.05) is 11.6 Å². The van der Waals surface area contributed by atoms with Crippen molar-refractivity contribution in [2.45, 2.75) is 40.2 Å². The van der Waals surface area contributed by atoms with Crippen molar-refractivity contribution in [3.8, 4) is 17.0 Å². The van der Waals surface area contributed by atoms with Gasteiger partial charge in [-0.05, 0) is 57.0 Å². The molecule has 0 aliphatic heterocycles. The SMILES string of the molecule is CCOc1ccccc1NC(=O)[C@@H](CC)n1nc(-c2cc(C)ccc2C)ccc1=O. The average molecular weight is 405 g/mol. The standard InChI is InChI=1S/C24H27N3O3/c1-5-21(24(29)25-20-9-7-8-10-22(20)30-6-2)27-23(28)14-13-19(26-27)18-15-16(3)11-12-17(18)4/h7-15,21H,5-6H2,1-4H3,(H,25,29)/t21-/m1/s1. The lowest BCUT2D eigenvalue weighted by Crippen LogP contribution is -2.34. The highest BCUT2D eigenvalue weighted by Gasteiger charge is 2.22. The highest BCUT2D eigenvalue weighted by molar-refractivity contribution is 5.95. The molecule has 6 nitrogen and oxygen atoms in total. The van der Waals surface area contributed by atoms with E-state index in [1.165, 1.54) is 10.7 Å². The molecule has 1 amide bonds. The first-order valence-electron chi connectivity index (χ1n) is 10.1. The average Bonchev–Trinajstić information content (AvgIpc) is 2.73. The van der Waals surface area contributed by atoms with E-state index < -0.39 is 6.04 Å². The van der Waals surface area contributed by atoms with Crippen molar-refractivity contribution >= 4 is 11.6 Å². The van der Waals surface area contributed by atoms with Gasteiger partial charge in [-0.25, -0.2) is 4.68 Å². The second-order valence-corrected chi connectivity index (χ2v) is 7.16. The van der Waals surface area contributed by atoms with Crippen molar-refractivity contribution in [3.05, 3.63) is 76.1 Å². The van der Waals surface area contributed by atoms with Crippen LogP contribution in [-0.2, 0) is 4.79 Å². The van der Waals surface area contributed by atoms with Crippen molar-refractivity contribution in [2.75, 3.05) is 11.9 Å². The molecule has 156 valence electrons. The molecule has 0 aliphatic rings. The lowest BCUT2D eigenvalue weighted by atomic mass is 10.0. The Kier molecular flexibility index (Phi) is 6.67. The van der Waals surface area contributed by atoms with Crippen LogP contribution in [0.2, 0.25) is 0 Å². The summed E-state index contributed by atoms with van der Waals surface area (Å²) in [5, 5.41) is 7.44. The molecule has 0 spiro atoms. The summed E-state index contributed by atoms with van der Waals surface area (Å²) in [5.74, 6) is 0.282. The van der Waals surface area contributed by atoms with E-state index in [1.807, 2.05) is 58.0 Å². The van der Waals surface area contributed by atoms with Crippen LogP contribution in [0.3, 0.4) is 0 Å². The summed E-state index contributed by atoms with van der Waals surface area (Å²) in [6.45, 7) is 8.24. The number of benzene rings is 2. The van der Waals surface area contributed by atoms with Gasteiger partial charge in [0.2, 0.25) is 5.91 Å². The number of nitrogens with one attached hydrogen (secondary N) is 1. The van der Waals surface area contributed by atoms with Gasteiger partial charge in [0.1, 0.15) is 11.8 Å². The van der Waals surface area contributed by atoms with Gasteiger partial charge in [-0.2, -0.15) is 5.10 Å². The van der Waals surface area contributed by atoms with E-state index in [-0.39, 0.29) is 11.5 Å². The number of ether oxygens (including phenoxy) is 1. The molecule has 0 unspecified atom stereocenters. The van der Waals surface area contributed by atoms with Gasteiger partial charge in [0.15, 0.2) is 0 Å². The molecular formula is C24H27N3O3. The maximum absolute atomic E-state index is 13.1. The Morgan fingerprint density at radius 1 is 1.10 bits per heavy atom. The first-order valence-corrected chi connectivity index (χ1v) is 10.1. The quantitative estimate of drug-likeness (QED) is 0.627. The van der Waals surface area contributed by atoms with Gasteiger partial charge < -0.3 is 10.1 Å². The van der Waals surface area contributed by atoms with Crippen LogP contribution < -0.4 is 15.6 Å². The van der Waals surface area contributed by atoms with E-state index >= 15 is 0 Å². The molecule has 0 fully saturated rings. The number of para-hydroxylation sites is 2. The van der Waals surface area contributed by atoms with Gasteiger partial charge in [-0.1, -0.05) is 36.8 Å². The van der Waals surface area contributed by atoms with Gasteiger partial charge in [0.25, 0.3) is 5.56 Å². The molecule has 0 radical (unpaired) electrons. The van der Waals surface area contributed by atoms with Crippen LogP contribution in [0.15, 0.2) is 59.4 Å². The van der Waals surface area contributed by atoms with Gasteiger partial charge >= 0.3 is 0 Å². The Morgan fingerprint density at radius 3 is 2.60 bits per heavy atom. The van der Waals surface area contributed by atoms with Crippen LogP contribution in [0.4, 0.5) is 5.69 Å². The summed E-state index contributed by atoms with van der Waals surface area (Å²) in [7, 11) is 0. The summed E-state index contributed by atoms with van der Waals surface area (Å²) in [6, 6.07) is 15.8. The highest BCUT2D eigenvalue weighted by Crippen LogP contribution is 2.26. The number of carbonyl (C=O) groups excluding carboxylic acids is 1. The molecule has 0 saturated carbocycles. The molecule has 3 rings (SSSR count). The first-order chi connectivity index (χ1) is 14.4. The Hall–Kier alpha value is -3.41. The van der Waals surface area contributed by atoms with Gasteiger partial charge in [0.05, 0.1) is 18.0 Å². The third-order valence-corrected chi connectivity index (χ3v) is 4.92. The lowest BCUT2D eigenvalue weighted by Gasteiger charge is -2.19. The molecule has 30 heavy (non-hydrogen) atoms. The predicted molar refractivity (Wildman–Crippen MR) is 119 cm³/mol. The van der Waals surface area contributed by atoms with Gasteiger partial charge in [-0.15, -0.1) is 0 Å². The molecule has 2 aromatic carbocycles. The van der Waals surface area contributed by atoms with Crippen molar-refractivity contribution in [3.63, 3.8) is 0 Å². The zero-order valence-electron chi connectivity index (χ0n) is 17.8. The molecule has 1 heterocycles. The number of amides is 1. The number of aryl methyl sites for hydroxylation is 2. The van der Waals surface area contributed by atoms with Crippen molar-refractivity contribution in [1.29, 1.82) is 0 Å². The molecule has 0 saturated heterocycles. The Bertz CT molecular complexity index is 1100. The van der Waals surface area contributed by atoms with E-state index in [9.17, 15) is 9.59 Å². The fourth-order valence-corrected chi connectivity index (χ4v) is 3.34. The van der Waals surface area contributed by atoms with Crippen molar-refractivity contribution in [2.24, 2.45) is 0 Å². The third kappa shape index (κ3) is 4.59. The summed E-state index contributed by atoms with van der Waals surface area (Å²) in [4.78, 5) is 25.6. The number of rotatable bonds is 7. The van der Waals surface area contributed by atoms with Crippen molar-refractivity contribution < 1.29 is 9.53 Å². The second kappa shape index (κ2) is 9.39. The summed E-state index contributed by atoms with van der Waals surface area (Å²) >= 11 is 0. The number of aromatic nitrogens is 2. The monoisotopic (exact) mass is 405 g/mol. The van der Waals surface area contributed by atoms with Crippen molar-refractivity contribution in [1.82, 2.24) is 9.78 Å². The van der Waals surface area contributed by atoms with Crippen LogP contribution in [0.25, 0.3) is 11.3 Å². The highest BCUT2D eigenvalue weighted by atomic mass is 16.5. The van der Waals surface area contributed by atoms with Crippen LogP contribution >= 0.6 is 0 Å². The van der Waals surface area contributed by atoms with E-state index in [1.54, 1.807) is 18.2 Å². The minimum atomic E-state index is -0.739. The normalized spacial score (nSPS) is 11.7. The zero-order valence-corrected chi connectivity index (χ0v) is 17.8. The van der Waals surface area contributed by atoms with Gasteiger partial charge in [-0.3, -0.25) is 9.59 Å². The van der Waals surface area contributed by atoms with Crippen LogP contribution in [-0.4, -0.2) is 22.3 Å². The molecule has 1 aromatic heterocycles. The Morgan fingerprint density at radius 2 is 1.87 bits per heavy atom. The van der Waals surface area contributed by atoms with Crippen LogP contribution in [0.5, 0.6) is 5.75 Å². The number of hydrogen-bond donors (Lipinski definition) is 1. The first kappa shape index (κ1) is 21.3. The lowest BCUT2D eigenvalue weighted by molar-refractivity contribution is -0.119. The molecule has 6 heteroatoms. The third-order valence-electron chi connectivity index (χ3n) is 4.92. The number of hydrogen-bond acceptors (Lipinski definition) is 4. The molecule has 1 N–H and O–H groups in total. The summed E-state index contributed by atoms with van der Waals surface area (Å²) < 4.78 is 6.86. The fraction of sp³-hybridized carbons (Fsp3) is 0.292. The molecule has 0 aliphatic carbocycles. The topological polar surface area (TPSA) is 73.2 Å². The number of anilines is 1. The molecule has 1 atom stereocenters.